The number of aromatic nitrogens is 2. The third kappa shape index (κ3) is 5.71. The maximum Gasteiger partial charge on any atom is 0.258 e. The molecule has 0 saturated carbocycles. The van der Waals surface area contributed by atoms with Gasteiger partial charge >= 0.3 is 0 Å². The van der Waals surface area contributed by atoms with E-state index in [1.54, 1.807) is 30.5 Å². The van der Waals surface area contributed by atoms with Gasteiger partial charge in [0, 0.05) is 45.9 Å². The topological polar surface area (TPSA) is 107 Å². The second-order valence-corrected chi connectivity index (χ2v) is 9.62. The highest BCUT2D eigenvalue weighted by Crippen LogP contribution is 2.31. The number of hydrogen-bond donors (Lipinski definition) is 3. The number of aromatic amines is 1. The highest BCUT2D eigenvalue weighted by atomic mass is 16.2. The number of nitrogens with zero attached hydrogens (tertiary/aromatic N) is 2. The molecule has 3 aromatic carbocycles. The van der Waals surface area contributed by atoms with Crippen LogP contribution in [0.3, 0.4) is 0 Å². The molecule has 39 heavy (non-hydrogen) atoms. The van der Waals surface area contributed by atoms with Crippen molar-refractivity contribution in [3.8, 4) is 0 Å². The van der Waals surface area contributed by atoms with E-state index in [-0.39, 0.29) is 17.2 Å². The van der Waals surface area contributed by atoms with Crippen LogP contribution < -0.4 is 16.2 Å². The van der Waals surface area contributed by atoms with E-state index in [9.17, 15) is 14.4 Å². The fourth-order valence-corrected chi connectivity index (χ4v) is 4.62. The molecule has 3 N–H and O–H groups in total. The number of carbonyl (C=O) groups is 2. The number of carbonyl (C=O) groups excluding carboxylic acids is 2. The Morgan fingerprint density at radius 2 is 1.62 bits per heavy atom. The van der Waals surface area contributed by atoms with E-state index in [0.717, 1.165) is 23.3 Å². The molecular formula is C31H29N5O3. The van der Waals surface area contributed by atoms with E-state index in [1.807, 2.05) is 73.6 Å². The molecular weight excluding hydrogens is 490 g/mol. The quantitative estimate of drug-likeness (QED) is 0.173. The highest BCUT2D eigenvalue weighted by molar-refractivity contribution is 6.17. The summed E-state index contributed by atoms with van der Waals surface area (Å²) in [5, 5.41) is 8.05. The molecule has 2 aromatic heterocycles. The normalized spacial score (nSPS) is 11.2. The van der Waals surface area contributed by atoms with Crippen LogP contribution in [-0.2, 0) is 0 Å². The molecule has 5 aromatic rings. The summed E-state index contributed by atoms with van der Waals surface area (Å²) >= 11 is 0. The summed E-state index contributed by atoms with van der Waals surface area (Å²) in [4.78, 5) is 47.9. The summed E-state index contributed by atoms with van der Waals surface area (Å²) in [7, 11) is 3.93. The molecule has 8 nitrogen and oxygen atoms in total. The molecule has 0 spiro atoms. The van der Waals surface area contributed by atoms with Gasteiger partial charge in [-0.15, -0.1) is 0 Å². The second-order valence-electron chi connectivity index (χ2n) is 9.62. The highest BCUT2D eigenvalue weighted by Gasteiger charge is 2.17. The number of anilines is 3. The van der Waals surface area contributed by atoms with Crippen molar-refractivity contribution in [1.29, 1.82) is 0 Å². The Labute approximate surface area is 225 Å². The number of Topliss-reactive ketones (excluding diaryl/α,β-unsaturated/α-hetero) is 1. The van der Waals surface area contributed by atoms with Crippen LogP contribution in [0, 0.1) is 0 Å². The van der Waals surface area contributed by atoms with E-state index in [0.29, 0.717) is 46.1 Å². The van der Waals surface area contributed by atoms with Gasteiger partial charge in [0.2, 0.25) is 0 Å². The number of rotatable bonds is 9. The largest absolute Gasteiger partial charge is 0.355 e. The minimum atomic E-state index is -0.336. The van der Waals surface area contributed by atoms with Gasteiger partial charge in [-0.25, -0.2) is 4.98 Å². The van der Waals surface area contributed by atoms with Gasteiger partial charge in [-0.2, -0.15) is 0 Å². The number of hydrogen-bond acceptors (Lipinski definition) is 6. The summed E-state index contributed by atoms with van der Waals surface area (Å²) in [5.74, 6) is -0.238. The number of amides is 1. The fraction of sp³-hybridized carbons (Fsp3) is 0.161. The van der Waals surface area contributed by atoms with Gasteiger partial charge in [0.25, 0.3) is 11.5 Å². The Morgan fingerprint density at radius 3 is 2.36 bits per heavy atom. The van der Waals surface area contributed by atoms with Crippen LogP contribution in [0.1, 0.15) is 33.6 Å². The van der Waals surface area contributed by atoms with Crippen molar-refractivity contribution in [2.24, 2.45) is 0 Å². The second kappa shape index (κ2) is 11.3. The van der Waals surface area contributed by atoms with Gasteiger partial charge in [-0.1, -0.05) is 36.4 Å². The summed E-state index contributed by atoms with van der Waals surface area (Å²) in [6.45, 7) is 0.794. The lowest BCUT2D eigenvalue weighted by atomic mass is 9.98. The molecule has 0 aliphatic heterocycles. The Bertz CT molecular complexity index is 1710. The van der Waals surface area contributed by atoms with E-state index in [2.05, 4.69) is 20.6 Å². The molecule has 1 amide bonds. The summed E-state index contributed by atoms with van der Waals surface area (Å²) in [6.07, 6.45) is 2.70. The molecule has 0 aliphatic rings. The predicted molar refractivity (Wildman–Crippen MR) is 156 cm³/mol. The maximum absolute atomic E-state index is 13.1. The monoisotopic (exact) mass is 519 g/mol. The van der Waals surface area contributed by atoms with Crippen molar-refractivity contribution >= 4 is 50.6 Å². The van der Waals surface area contributed by atoms with Crippen molar-refractivity contribution in [3.63, 3.8) is 0 Å². The van der Waals surface area contributed by atoms with Crippen LogP contribution >= 0.6 is 0 Å². The molecule has 0 radical (unpaired) electrons. The first-order valence-electron chi connectivity index (χ1n) is 12.8. The van der Waals surface area contributed by atoms with Crippen molar-refractivity contribution in [1.82, 2.24) is 14.9 Å². The SMILES string of the molecule is CN(C)CCCC(=O)c1cccc2c1c(=O)[nH]c1nccc(Nc3ccc(NC(=O)c4ccccc4)cc3)c12. The summed E-state index contributed by atoms with van der Waals surface area (Å²) < 4.78 is 0. The van der Waals surface area contributed by atoms with Crippen LogP contribution in [0.2, 0.25) is 0 Å². The minimum absolute atomic E-state index is 0.0566. The average Bonchev–Trinajstić information content (AvgIpc) is 2.94. The Morgan fingerprint density at radius 1 is 0.872 bits per heavy atom. The molecule has 0 fully saturated rings. The summed E-state index contributed by atoms with van der Waals surface area (Å²) in [5.41, 5.74) is 3.29. The first kappa shape index (κ1) is 25.8. The van der Waals surface area contributed by atoms with Crippen molar-refractivity contribution < 1.29 is 9.59 Å². The minimum Gasteiger partial charge on any atom is -0.355 e. The van der Waals surface area contributed by atoms with Crippen molar-refractivity contribution in [2.75, 3.05) is 31.3 Å². The van der Waals surface area contributed by atoms with Gasteiger partial charge in [0.05, 0.1) is 11.1 Å². The molecule has 0 unspecified atom stereocenters. The lowest BCUT2D eigenvalue weighted by Gasteiger charge is -2.14. The standard InChI is InChI=1S/C31H29N5O3/c1-36(2)19-7-12-26(37)23-10-6-11-24-27(23)31(39)35-29-28(24)25(17-18-32-29)33-21-13-15-22(16-14-21)34-30(38)20-8-4-3-5-9-20/h3-6,8-11,13-18H,7,12,19H2,1-2H3,(H,34,38)(H2,32,33,35,39). The van der Waals surface area contributed by atoms with Gasteiger partial charge < -0.3 is 20.5 Å². The first-order chi connectivity index (χ1) is 18.9. The fourth-order valence-electron chi connectivity index (χ4n) is 4.62. The van der Waals surface area contributed by atoms with Crippen LogP contribution in [0.25, 0.3) is 21.8 Å². The van der Waals surface area contributed by atoms with E-state index in [1.165, 1.54) is 0 Å². The Balaban J connectivity index is 1.45. The van der Waals surface area contributed by atoms with Gasteiger partial charge in [-0.05, 0) is 69.5 Å². The zero-order chi connectivity index (χ0) is 27.4. The maximum atomic E-state index is 13.1. The lowest BCUT2D eigenvalue weighted by Crippen LogP contribution is -2.16. The van der Waals surface area contributed by atoms with Crippen molar-refractivity contribution in [2.45, 2.75) is 12.8 Å². The third-order valence-corrected chi connectivity index (χ3v) is 6.51. The number of fused-ring (bicyclic) bond motifs is 3. The van der Waals surface area contributed by atoms with E-state index < -0.39 is 0 Å². The van der Waals surface area contributed by atoms with Crippen LogP contribution in [0.4, 0.5) is 17.1 Å². The van der Waals surface area contributed by atoms with E-state index >= 15 is 0 Å². The number of H-pyrrole nitrogens is 1. The smallest absolute Gasteiger partial charge is 0.258 e. The number of benzene rings is 3. The zero-order valence-electron chi connectivity index (χ0n) is 21.8. The zero-order valence-corrected chi connectivity index (χ0v) is 21.8. The van der Waals surface area contributed by atoms with E-state index in [4.69, 9.17) is 0 Å². The van der Waals surface area contributed by atoms with Gasteiger partial charge in [0.15, 0.2) is 5.78 Å². The average molecular weight is 520 g/mol. The summed E-state index contributed by atoms with van der Waals surface area (Å²) in [6, 6.07) is 23.6. The molecule has 2 heterocycles. The number of pyridine rings is 2. The molecule has 5 rings (SSSR count). The Kier molecular flexibility index (Phi) is 7.47. The molecule has 0 saturated heterocycles. The predicted octanol–water partition coefficient (Wildman–Crippen LogP) is 5.60. The van der Waals surface area contributed by atoms with Crippen LogP contribution in [-0.4, -0.2) is 47.2 Å². The van der Waals surface area contributed by atoms with Gasteiger partial charge in [-0.3, -0.25) is 14.4 Å². The van der Waals surface area contributed by atoms with Crippen LogP contribution in [0.15, 0.2) is 89.9 Å². The van der Waals surface area contributed by atoms with Crippen LogP contribution in [0.5, 0.6) is 0 Å². The Hall–Kier alpha value is -4.82. The number of ketones is 1. The number of nitrogens with one attached hydrogen (secondary N) is 3. The third-order valence-electron chi connectivity index (χ3n) is 6.51. The molecule has 0 bridgehead atoms. The van der Waals surface area contributed by atoms with Crippen molar-refractivity contribution in [3.05, 3.63) is 107 Å². The lowest BCUT2D eigenvalue weighted by molar-refractivity contribution is 0.0977. The first-order valence-corrected chi connectivity index (χ1v) is 12.8. The molecule has 196 valence electrons. The molecule has 0 atom stereocenters. The molecule has 8 heteroatoms. The van der Waals surface area contributed by atoms with Gasteiger partial charge in [0.1, 0.15) is 5.65 Å². The molecule has 0 aliphatic carbocycles.